The lowest BCUT2D eigenvalue weighted by molar-refractivity contribution is -0.134. The number of halogens is 3. The number of rotatable bonds is 4. The number of carbonyl (C=O) groups is 2. The molecule has 1 aliphatic carbocycles. The Balaban J connectivity index is 0.876. The minimum absolute atomic E-state index is 0.0712. The smallest absolute Gasteiger partial charge is 0.282 e. The van der Waals surface area contributed by atoms with Gasteiger partial charge in [-0.3, -0.25) is 29.2 Å². The monoisotopic (exact) mass is 739 g/mol. The zero-order chi connectivity index (χ0) is 36.8. The van der Waals surface area contributed by atoms with Crippen LogP contribution in [0.1, 0.15) is 106 Å². The first-order valence-corrected chi connectivity index (χ1v) is 19.5. The highest BCUT2D eigenvalue weighted by atomic mass is 35.5. The van der Waals surface area contributed by atoms with Crippen LogP contribution in [0.4, 0.5) is 14.5 Å². The van der Waals surface area contributed by atoms with E-state index in [2.05, 4.69) is 56.7 Å². The van der Waals surface area contributed by atoms with Gasteiger partial charge in [0.15, 0.2) is 0 Å². The van der Waals surface area contributed by atoms with Crippen LogP contribution in [0.25, 0.3) is 16.6 Å². The van der Waals surface area contributed by atoms with Gasteiger partial charge in [-0.05, 0) is 118 Å². The summed E-state index contributed by atoms with van der Waals surface area (Å²) in [5, 5.41) is 3.09. The predicted molar refractivity (Wildman–Crippen MR) is 201 cm³/mol. The van der Waals surface area contributed by atoms with Gasteiger partial charge in [0.1, 0.15) is 17.5 Å². The number of nitrogens with one attached hydrogen (secondary N) is 1. The van der Waals surface area contributed by atoms with Crippen molar-refractivity contribution >= 4 is 40.0 Å². The average Bonchev–Trinajstić information content (AvgIpc) is 3.64. The molecule has 11 heteroatoms. The number of imide groups is 1. The van der Waals surface area contributed by atoms with Crippen molar-refractivity contribution in [2.45, 2.75) is 94.9 Å². The van der Waals surface area contributed by atoms with Gasteiger partial charge in [-0.1, -0.05) is 36.2 Å². The van der Waals surface area contributed by atoms with Gasteiger partial charge >= 0.3 is 0 Å². The number of anilines is 1. The summed E-state index contributed by atoms with van der Waals surface area (Å²) >= 11 is 6.48. The van der Waals surface area contributed by atoms with Crippen molar-refractivity contribution in [3.8, 4) is 5.69 Å². The molecule has 1 aromatic heterocycles. The number of hydrogen-bond donors (Lipinski definition) is 1. The van der Waals surface area contributed by atoms with Crippen LogP contribution < -0.4 is 15.8 Å². The Bertz CT molecular complexity index is 2220. The number of carbonyl (C=O) groups excluding carboxylic acids is 2. The maximum absolute atomic E-state index is 15.3. The predicted octanol–water partition coefficient (Wildman–Crippen LogP) is 7.50. The molecule has 1 N–H and O–H groups in total. The van der Waals surface area contributed by atoms with Crippen LogP contribution in [-0.2, 0) is 15.0 Å². The fourth-order valence-corrected chi connectivity index (χ4v) is 10.5. The first kappa shape index (κ1) is 34.6. The highest BCUT2D eigenvalue weighted by Gasteiger charge is 2.44. The lowest BCUT2D eigenvalue weighted by atomic mass is 9.77. The Kier molecular flexibility index (Phi) is 8.31. The van der Waals surface area contributed by atoms with Crippen LogP contribution >= 0.6 is 11.6 Å². The number of hydrogen-bond acceptors (Lipinski definition) is 6. The Morgan fingerprint density at radius 1 is 0.925 bits per heavy atom. The first-order chi connectivity index (χ1) is 25.4. The molecule has 9 rings (SSSR count). The minimum Gasteiger partial charge on any atom is -0.371 e. The molecule has 3 atom stereocenters. The molecule has 8 nitrogen and oxygen atoms in total. The normalized spacial score (nSPS) is 25.2. The van der Waals surface area contributed by atoms with Crippen LogP contribution in [0.3, 0.4) is 0 Å². The quantitative estimate of drug-likeness (QED) is 0.218. The van der Waals surface area contributed by atoms with Crippen molar-refractivity contribution in [3.63, 3.8) is 0 Å². The molecule has 53 heavy (non-hydrogen) atoms. The van der Waals surface area contributed by atoms with Crippen LogP contribution in [0.5, 0.6) is 0 Å². The van der Waals surface area contributed by atoms with Crippen LogP contribution in [0.15, 0.2) is 53.3 Å². The number of likely N-dealkylation sites (tertiary alicyclic amines) is 1. The van der Waals surface area contributed by atoms with Gasteiger partial charge < -0.3 is 4.90 Å². The first-order valence-electron chi connectivity index (χ1n) is 19.1. The van der Waals surface area contributed by atoms with E-state index in [1.165, 1.54) is 36.1 Å². The Labute approximate surface area is 312 Å². The third-order valence-electron chi connectivity index (χ3n) is 13.3. The lowest BCUT2D eigenvalue weighted by Crippen LogP contribution is -2.44. The number of aromatic nitrogens is 2. The molecule has 4 fully saturated rings. The van der Waals surface area contributed by atoms with E-state index in [0.29, 0.717) is 28.1 Å². The molecule has 2 amide bonds. The summed E-state index contributed by atoms with van der Waals surface area (Å²) in [4.78, 5) is 46.4. The average molecular weight is 740 g/mol. The molecule has 276 valence electrons. The van der Waals surface area contributed by atoms with E-state index in [0.717, 1.165) is 75.3 Å². The summed E-state index contributed by atoms with van der Waals surface area (Å²) in [5.41, 5.74) is 4.14. The molecule has 5 aliphatic rings. The van der Waals surface area contributed by atoms with Gasteiger partial charge in [-0.2, -0.15) is 4.98 Å². The maximum atomic E-state index is 15.3. The highest BCUT2D eigenvalue weighted by Crippen LogP contribution is 2.48. The zero-order valence-corrected chi connectivity index (χ0v) is 30.9. The van der Waals surface area contributed by atoms with E-state index in [4.69, 9.17) is 11.6 Å². The molecule has 0 bridgehead atoms. The number of amides is 2. The summed E-state index contributed by atoms with van der Waals surface area (Å²) in [7, 11) is 0. The standard InChI is InChI=1S/C42H44ClF2N5O3/c1-41(2)29-20-25(9-11-33(29)50-34-8-4-7-30(43)37(34)39(53)47-40(41)50)24-5-3-6-26(19-24)49-18-15-42(23-49)13-16-48(17-14-42)27-21-31(44)36(32(45)22-27)28-10-12-35(51)46-38(28)52/h4,7-9,11,20-22,24,26,28H,3,5-6,10,12-19,23H2,1-2H3,(H,46,51,52). The number of fused-ring (bicyclic) bond motifs is 5. The number of piperidine rings is 2. The third kappa shape index (κ3) is 5.70. The SMILES string of the molecule is CC1(C)c2cc(C3CCCC(N4CCC5(CCN(c6cc(F)c(C7CCC(=O)NC7=O)c(F)c6)CC5)C4)C3)ccc2-n2c1nc(=O)c1c(Cl)cccc12. The molecule has 0 radical (unpaired) electrons. The molecule has 5 heterocycles. The van der Waals surface area contributed by atoms with E-state index in [9.17, 15) is 14.4 Å². The van der Waals surface area contributed by atoms with Gasteiger partial charge in [0, 0.05) is 43.3 Å². The van der Waals surface area contributed by atoms with Crippen LogP contribution in [0.2, 0.25) is 5.02 Å². The summed E-state index contributed by atoms with van der Waals surface area (Å²) in [6, 6.07) is 15.7. The van der Waals surface area contributed by atoms with Crippen molar-refractivity contribution in [3.05, 3.63) is 98.1 Å². The van der Waals surface area contributed by atoms with Crippen molar-refractivity contribution in [2.75, 3.05) is 31.1 Å². The fourth-order valence-electron chi connectivity index (χ4n) is 10.3. The molecule has 1 spiro atoms. The van der Waals surface area contributed by atoms with Crippen LogP contribution in [-0.4, -0.2) is 58.5 Å². The van der Waals surface area contributed by atoms with Gasteiger partial charge in [-0.15, -0.1) is 0 Å². The Morgan fingerprint density at radius 2 is 1.68 bits per heavy atom. The van der Waals surface area contributed by atoms with E-state index >= 15 is 8.78 Å². The van der Waals surface area contributed by atoms with Crippen LogP contribution in [0, 0.1) is 17.0 Å². The summed E-state index contributed by atoms with van der Waals surface area (Å²) in [6.07, 6.45) is 7.88. The summed E-state index contributed by atoms with van der Waals surface area (Å²) in [6.45, 7) is 7.89. The zero-order valence-electron chi connectivity index (χ0n) is 30.2. The number of benzene rings is 3. The summed E-state index contributed by atoms with van der Waals surface area (Å²) < 4.78 is 32.8. The molecule has 4 aliphatic heterocycles. The molecule has 3 saturated heterocycles. The second kappa shape index (κ2) is 12.7. The third-order valence-corrected chi connectivity index (χ3v) is 13.6. The molecule has 4 aromatic rings. The van der Waals surface area contributed by atoms with Crippen molar-refractivity contribution in [1.82, 2.24) is 19.8 Å². The maximum Gasteiger partial charge on any atom is 0.282 e. The van der Waals surface area contributed by atoms with Gasteiger partial charge in [-0.25, -0.2) is 8.78 Å². The Hall–Kier alpha value is -4.15. The second-order valence-electron chi connectivity index (χ2n) is 16.7. The topological polar surface area (TPSA) is 87.5 Å². The number of nitrogens with zero attached hydrogens (tertiary/aromatic N) is 4. The molecular weight excluding hydrogens is 696 g/mol. The molecular formula is C42H44ClF2N5O3. The fraction of sp³-hybridized carbons (Fsp3) is 0.476. The Morgan fingerprint density at radius 3 is 2.43 bits per heavy atom. The van der Waals surface area contributed by atoms with Crippen molar-refractivity contribution in [1.29, 1.82) is 0 Å². The van der Waals surface area contributed by atoms with Gasteiger partial charge in [0.05, 0.1) is 32.9 Å². The van der Waals surface area contributed by atoms with E-state index in [1.54, 1.807) is 6.07 Å². The van der Waals surface area contributed by atoms with Gasteiger partial charge in [0.25, 0.3) is 5.56 Å². The van der Waals surface area contributed by atoms with E-state index in [-0.39, 0.29) is 29.4 Å². The largest absolute Gasteiger partial charge is 0.371 e. The highest BCUT2D eigenvalue weighted by molar-refractivity contribution is 6.35. The molecule has 3 aromatic carbocycles. The molecule has 3 unspecified atom stereocenters. The van der Waals surface area contributed by atoms with E-state index < -0.39 is 34.8 Å². The minimum atomic E-state index is -0.993. The lowest BCUT2D eigenvalue weighted by Gasteiger charge is -2.42. The van der Waals surface area contributed by atoms with Crippen molar-refractivity contribution < 1.29 is 18.4 Å². The van der Waals surface area contributed by atoms with Gasteiger partial charge in [0.2, 0.25) is 11.8 Å². The van der Waals surface area contributed by atoms with Crippen molar-refractivity contribution in [2.24, 2.45) is 5.41 Å². The summed E-state index contributed by atoms with van der Waals surface area (Å²) in [5.74, 6) is -2.30. The molecule has 1 saturated carbocycles. The van der Waals surface area contributed by atoms with E-state index in [1.807, 2.05) is 12.1 Å². The second-order valence-corrected chi connectivity index (χ2v) is 17.1.